The second-order valence-electron chi connectivity index (χ2n) is 6.02. The molecule has 0 spiro atoms. The monoisotopic (exact) mass is 352 g/mol. The molecular formula is C16H18F2N4O3. The summed E-state index contributed by atoms with van der Waals surface area (Å²) in [4.78, 5) is 27.4. The topological polar surface area (TPSA) is 87.5 Å². The fourth-order valence-corrected chi connectivity index (χ4v) is 3.10. The predicted molar refractivity (Wildman–Crippen MR) is 87.5 cm³/mol. The minimum absolute atomic E-state index is 0.0852. The van der Waals surface area contributed by atoms with Gasteiger partial charge in [0.1, 0.15) is 10.9 Å². The number of carbonyl (C=O) groups is 1. The van der Waals surface area contributed by atoms with E-state index >= 15 is 0 Å². The first-order valence-corrected chi connectivity index (χ1v) is 8.02. The predicted octanol–water partition coefficient (Wildman–Crippen LogP) is 0.940. The summed E-state index contributed by atoms with van der Waals surface area (Å²) in [6.07, 6.45) is 2.68. The molecule has 0 aliphatic carbocycles. The van der Waals surface area contributed by atoms with Gasteiger partial charge in [-0.2, -0.15) is 0 Å². The number of carboxylic acid groups (broad SMARTS) is 1. The van der Waals surface area contributed by atoms with Crippen LogP contribution in [-0.2, 0) is 0 Å². The third kappa shape index (κ3) is 3.07. The van der Waals surface area contributed by atoms with Crippen LogP contribution in [0.3, 0.4) is 0 Å². The van der Waals surface area contributed by atoms with E-state index < -0.39 is 34.0 Å². The lowest BCUT2D eigenvalue weighted by molar-refractivity contribution is 0.0695. The van der Waals surface area contributed by atoms with Gasteiger partial charge in [0.15, 0.2) is 17.3 Å². The van der Waals surface area contributed by atoms with Crippen LogP contribution in [0.15, 0.2) is 17.2 Å². The summed E-state index contributed by atoms with van der Waals surface area (Å²) in [7, 11) is 0. The first kappa shape index (κ1) is 17.3. The van der Waals surface area contributed by atoms with Crippen LogP contribution in [0, 0.1) is 17.6 Å². The summed E-state index contributed by atoms with van der Waals surface area (Å²) in [6, 6.07) is 0. The van der Waals surface area contributed by atoms with Crippen molar-refractivity contribution in [1.29, 1.82) is 0 Å². The largest absolute Gasteiger partial charge is 0.477 e. The Kier molecular flexibility index (Phi) is 4.67. The van der Waals surface area contributed by atoms with Crippen molar-refractivity contribution in [2.75, 3.05) is 31.2 Å². The average molecular weight is 352 g/mol. The van der Waals surface area contributed by atoms with Crippen LogP contribution < -0.4 is 15.8 Å². The number of aromatic carboxylic acids is 1. The van der Waals surface area contributed by atoms with Crippen molar-refractivity contribution in [1.82, 2.24) is 15.0 Å². The highest BCUT2D eigenvalue weighted by Gasteiger charge is 2.27. The first-order chi connectivity index (χ1) is 11.9. The molecule has 1 saturated heterocycles. The maximum atomic E-state index is 14.2. The number of nitrogens with zero attached hydrogens (tertiary/aromatic N) is 3. The number of hydrogen-bond acceptors (Lipinski definition) is 5. The zero-order valence-electron chi connectivity index (χ0n) is 13.6. The molecule has 134 valence electrons. The molecule has 2 aromatic rings. The second-order valence-corrected chi connectivity index (χ2v) is 6.02. The van der Waals surface area contributed by atoms with E-state index in [0.29, 0.717) is 25.2 Å². The highest BCUT2D eigenvalue weighted by molar-refractivity contribution is 5.92. The van der Waals surface area contributed by atoms with E-state index in [-0.39, 0.29) is 5.65 Å². The minimum atomic E-state index is -1.49. The third-order valence-electron chi connectivity index (χ3n) is 4.38. The molecule has 25 heavy (non-hydrogen) atoms. The normalized spacial score (nSPS) is 17.4. The molecule has 0 amide bonds. The molecule has 3 rings (SSSR count). The van der Waals surface area contributed by atoms with Gasteiger partial charge in [-0.25, -0.2) is 23.2 Å². The van der Waals surface area contributed by atoms with Crippen molar-refractivity contribution in [2.24, 2.45) is 5.92 Å². The molecular weight excluding hydrogens is 334 g/mol. The van der Waals surface area contributed by atoms with Gasteiger partial charge in [-0.1, -0.05) is 6.92 Å². The van der Waals surface area contributed by atoms with Crippen LogP contribution in [0.1, 0.15) is 23.7 Å². The van der Waals surface area contributed by atoms with Crippen molar-refractivity contribution < 1.29 is 18.7 Å². The summed E-state index contributed by atoms with van der Waals surface area (Å²) < 4.78 is 29.0. The molecule has 0 bridgehead atoms. The van der Waals surface area contributed by atoms with E-state index in [1.165, 1.54) is 4.68 Å². The summed E-state index contributed by atoms with van der Waals surface area (Å²) >= 11 is 0. The van der Waals surface area contributed by atoms with Gasteiger partial charge >= 0.3 is 5.97 Å². The smallest absolute Gasteiger partial charge is 0.341 e. The third-order valence-corrected chi connectivity index (χ3v) is 4.38. The summed E-state index contributed by atoms with van der Waals surface area (Å²) in [5.74, 6) is -3.83. The molecule has 1 aliphatic rings. The van der Waals surface area contributed by atoms with Crippen molar-refractivity contribution in [3.63, 3.8) is 0 Å². The van der Waals surface area contributed by atoms with Gasteiger partial charge in [-0.05, 0) is 25.4 Å². The number of halogens is 2. The van der Waals surface area contributed by atoms with Gasteiger partial charge < -0.3 is 15.4 Å². The van der Waals surface area contributed by atoms with Crippen LogP contribution in [0.5, 0.6) is 0 Å². The Morgan fingerprint density at radius 3 is 2.92 bits per heavy atom. The number of aromatic nitrogens is 2. The molecule has 1 aliphatic heterocycles. The van der Waals surface area contributed by atoms with Crippen LogP contribution in [0.25, 0.3) is 11.0 Å². The molecule has 1 unspecified atom stereocenters. The molecule has 0 aromatic carbocycles. The first-order valence-electron chi connectivity index (χ1n) is 8.02. The Bertz CT molecular complexity index is 884. The van der Waals surface area contributed by atoms with E-state index in [0.717, 1.165) is 25.7 Å². The Labute approximate surface area is 141 Å². The van der Waals surface area contributed by atoms with E-state index in [4.69, 9.17) is 0 Å². The fraction of sp³-hybridized carbons (Fsp3) is 0.438. The lowest BCUT2D eigenvalue weighted by Crippen LogP contribution is -2.36. The van der Waals surface area contributed by atoms with Gasteiger partial charge in [-0.15, -0.1) is 0 Å². The maximum absolute atomic E-state index is 14.2. The SMILES string of the molecule is CCNCC1CCN(n2cc(C(=O)O)c(=O)c3c(F)c(F)cnc32)C1. The highest BCUT2D eigenvalue weighted by atomic mass is 19.2. The van der Waals surface area contributed by atoms with Crippen molar-refractivity contribution in [3.05, 3.63) is 39.8 Å². The van der Waals surface area contributed by atoms with Gasteiger partial charge in [0.25, 0.3) is 0 Å². The molecule has 2 aromatic heterocycles. The quantitative estimate of drug-likeness (QED) is 0.833. The number of rotatable bonds is 5. The van der Waals surface area contributed by atoms with Crippen molar-refractivity contribution in [2.45, 2.75) is 13.3 Å². The van der Waals surface area contributed by atoms with Gasteiger partial charge in [-0.3, -0.25) is 4.79 Å². The Morgan fingerprint density at radius 1 is 1.48 bits per heavy atom. The van der Waals surface area contributed by atoms with Crippen LogP contribution >= 0.6 is 0 Å². The standard InChI is InChI=1S/C16H18F2N4O3/c1-2-19-5-9-3-4-21(7-9)22-8-10(16(24)25)14(23)12-13(18)11(17)6-20-15(12)22/h6,8-9,19H,2-5,7H2,1H3,(H,24,25). The van der Waals surface area contributed by atoms with Crippen LogP contribution in [0.2, 0.25) is 0 Å². The Hall–Kier alpha value is -2.55. The molecule has 7 nitrogen and oxygen atoms in total. The van der Waals surface area contributed by atoms with Crippen LogP contribution in [-0.4, -0.2) is 46.9 Å². The van der Waals surface area contributed by atoms with Gasteiger partial charge in [0.2, 0.25) is 5.43 Å². The zero-order chi connectivity index (χ0) is 18.1. The summed E-state index contributed by atoms with van der Waals surface area (Å²) in [5, 5.41) is 13.6. The summed E-state index contributed by atoms with van der Waals surface area (Å²) in [6.45, 7) is 4.82. The lowest BCUT2D eigenvalue weighted by Gasteiger charge is -2.24. The van der Waals surface area contributed by atoms with Crippen molar-refractivity contribution >= 4 is 17.0 Å². The van der Waals surface area contributed by atoms with E-state index in [9.17, 15) is 23.5 Å². The number of hydrogen-bond donors (Lipinski definition) is 2. The lowest BCUT2D eigenvalue weighted by atomic mass is 10.1. The second kappa shape index (κ2) is 6.75. The molecule has 0 saturated carbocycles. The number of fused-ring (bicyclic) bond motifs is 1. The number of carboxylic acids is 1. The molecule has 2 N–H and O–H groups in total. The fourth-order valence-electron chi connectivity index (χ4n) is 3.10. The minimum Gasteiger partial charge on any atom is -0.477 e. The molecule has 0 radical (unpaired) electrons. The zero-order valence-corrected chi connectivity index (χ0v) is 13.6. The van der Waals surface area contributed by atoms with E-state index in [1.807, 2.05) is 6.92 Å². The van der Waals surface area contributed by atoms with E-state index in [2.05, 4.69) is 10.3 Å². The van der Waals surface area contributed by atoms with E-state index in [1.54, 1.807) is 5.01 Å². The molecule has 1 atom stereocenters. The van der Waals surface area contributed by atoms with Crippen LogP contribution in [0.4, 0.5) is 8.78 Å². The molecule has 3 heterocycles. The highest BCUT2D eigenvalue weighted by Crippen LogP contribution is 2.20. The summed E-state index contributed by atoms with van der Waals surface area (Å²) in [5.41, 5.74) is -1.78. The molecule has 9 heteroatoms. The number of pyridine rings is 2. The maximum Gasteiger partial charge on any atom is 0.341 e. The van der Waals surface area contributed by atoms with Crippen molar-refractivity contribution in [3.8, 4) is 0 Å². The van der Waals surface area contributed by atoms with Gasteiger partial charge in [0.05, 0.1) is 6.20 Å². The Morgan fingerprint density at radius 2 is 2.24 bits per heavy atom. The Balaban J connectivity index is 2.12. The van der Waals surface area contributed by atoms with Gasteiger partial charge in [0, 0.05) is 19.3 Å². The number of nitrogens with one attached hydrogen (secondary N) is 1. The molecule has 1 fully saturated rings. The average Bonchev–Trinajstić information content (AvgIpc) is 3.04.